The molecule has 0 saturated heterocycles. The van der Waals surface area contributed by atoms with E-state index in [-0.39, 0.29) is 5.84 Å². The van der Waals surface area contributed by atoms with Crippen LogP contribution in [-0.2, 0) is 13.0 Å². The number of amidine groups is 1. The van der Waals surface area contributed by atoms with Crippen molar-refractivity contribution < 1.29 is 0 Å². The Morgan fingerprint density at radius 1 is 1.00 bits per heavy atom. The lowest BCUT2D eigenvalue weighted by molar-refractivity contribution is 0.921. The Morgan fingerprint density at radius 3 is 2.05 bits per heavy atom. The van der Waals surface area contributed by atoms with Crippen LogP contribution in [0.4, 0.5) is 5.69 Å². The van der Waals surface area contributed by atoms with Gasteiger partial charge in [0.05, 0.1) is 0 Å². The summed E-state index contributed by atoms with van der Waals surface area (Å²) in [4.78, 5) is 2.19. The van der Waals surface area contributed by atoms with Crippen LogP contribution >= 0.6 is 0 Å². The van der Waals surface area contributed by atoms with Gasteiger partial charge in [0.1, 0.15) is 5.84 Å². The molecule has 104 valence electrons. The average molecular weight is 267 g/mol. The minimum Gasteiger partial charge on any atom is -0.384 e. The van der Waals surface area contributed by atoms with Crippen molar-refractivity contribution >= 4 is 11.5 Å². The number of anilines is 1. The van der Waals surface area contributed by atoms with Crippen molar-refractivity contribution in [1.82, 2.24) is 0 Å². The molecule has 0 aliphatic heterocycles. The van der Waals surface area contributed by atoms with Gasteiger partial charge in [0, 0.05) is 24.8 Å². The maximum Gasteiger partial charge on any atom is 0.122 e. The van der Waals surface area contributed by atoms with Crippen LogP contribution in [0.5, 0.6) is 0 Å². The van der Waals surface area contributed by atoms with Crippen molar-refractivity contribution in [3.63, 3.8) is 0 Å². The van der Waals surface area contributed by atoms with E-state index in [0.29, 0.717) is 0 Å². The van der Waals surface area contributed by atoms with E-state index in [1.165, 1.54) is 11.1 Å². The van der Waals surface area contributed by atoms with Crippen LogP contribution in [0.1, 0.15) is 23.6 Å². The molecule has 0 atom stereocenters. The van der Waals surface area contributed by atoms with E-state index in [1.807, 2.05) is 24.3 Å². The number of nitrogens with two attached hydrogens (primary N) is 1. The fraction of sp³-hybridized carbons (Fsp3) is 0.235. The van der Waals surface area contributed by atoms with E-state index in [1.54, 1.807) is 0 Å². The highest BCUT2D eigenvalue weighted by Crippen LogP contribution is 2.16. The molecule has 3 nitrogen and oxygen atoms in total. The summed E-state index contributed by atoms with van der Waals surface area (Å²) in [5.74, 6) is 0.106. The van der Waals surface area contributed by atoms with E-state index >= 15 is 0 Å². The van der Waals surface area contributed by atoms with Crippen molar-refractivity contribution in [2.75, 3.05) is 11.9 Å². The molecule has 0 bridgehead atoms. The molecule has 0 aromatic heterocycles. The van der Waals surface area contributed by atoms with Crippen LogP contribution in [0.3, 0.4) is 0 Å². The number of nitrogens with one attached hydrogen (secondary N) is 1. The molecule has 0 spiro atoms. The smallest absolute Gasteiger partial charge is 0.122 e. The van der Waals surface area contributed by atoms with Crippen molar-refractivity contribution in [3.8, 4) is 0 Å². The lowest BCUT2D eigenvalue weighted by Gasteiger charge is -2.20. The number of nitrogen functional groups attached to an aromatic ring is 1. The number of rotatable bonds is 5. The first kappa shape index (κ1) is 14.1. The zero-order valence-corrected chi connectivity index (χ0v) is 12.1. The molecule has 0 fully saturated rings. The largest absolute Gasteiger partial charge is 0.384 e. The van der Waals surface area contributed by atoms with Gasteiger partial charge in [-0.3, -0.25) is 5.41 Å². The molecule has 20 heavy (non-hydrogen) atoms. The van der Waals surface area contributed by atoms with Crippen LogP contribution < -0.4 is 10.6 Å². The van der Waals surface area contributed by atoms with Crippen LogP contribution in [0.2, 0.25) is 0 Å². The second-order valence-electron chi connectivity index (χ2n) is 4.99. The Bertz CT molecular complexity index is 570. The molecule has 2 aromatic carbocycles. The molecule has 3 heteroatoms. The third-order valence-electron chi connectivity index (χ3n) is 3.47. The summed E-state index contributed by atoms with van der Waals surface area (Å²) in [5.41, 5.74) is 9.99. The lowest BCUT2D eigenvalue weighted by atomic mass is 10.1. The maximum absolute atomic E-state index is 7.40. The Balaban J connectivity index is 2.06. The Morgan fingerprint density at radius 2 is 1.55 bits per heavy atom. The van der Waals surface area contributed by atoms with Crippen LogP contribution in [0.25, 0.3) is 0 Å². The Labute approximate surface area is 120 Å². The molecule has 2 rings (SSSR count). The summed E-state index contributed by atoms with van der Waals surface area (Å²) in [7, 11) is 2.07. The molecule has 0 aliphatic rings. The van der Waals surface area contributed by atoms with E-state index < -0.39 is 0 Å². The summed E-state index contributed by atoms with van der Waals surface area (Å²) >= 11 is 0. The van der Waals surface area contributed by atoms with Gasteiger partial charge < -0.3 is 10.6 Å². The molecule has 0 saturated carbocycles. The number of hydrogen-bond donors (Lipinski definition) is 2. The summed E-state index contributed by atoms with van der Waals surface area (Å²) in [6.45, 7) is 3.03. The van der Waals surface area contributed by atoms with Crippen LogP contribution in [0, 0.1) is 5.41 Å². The number of aryl methyl sites for hydroxylation is 1. The number of benzene rings is 2. The fourth-order valence-electron chi connectivity index (χ4n) is 2.14. The lowest BCUT2D eigenvalue weighted by Crippen LogP contribution is -2.17. The minimum atomic E-state index is 0.106. The van der Waals surface area contributed by atoms with E-state index in [4.69, 9.17) is 11.1 Å². The van der Waals surface area contributed by atoms with Crippen molar-refractivity contribution in [3.05, 3.63) is 65.2 Å². The monoisotopic (exact) mass is 267 g/mol. The van der Waals surface area contributed by atoms with Gasteiger partial charge in [-0.05, 0) is 41.8 Å². The molecular formula is C17H21N3. The van der Waals surface area contributed by atoms with Crippen molar-refractivity contribution in [2.24, 2.45) is 5.73 Å². The second-order valence-corrected chi connectivity index (χ2v) is 4.99. The van der Waals surface area contributed by atoms with Gasteiger partial charge in [0.25, 0.3) is 0 Å². The molecule has 0 unspecified atom stereocenters. The molecule has 0 heterocycles. The first-order valence-electron chi connectivity index (χ1n) is 6.83. The quantitative estimate of drug-likeness (QED) is 0.646. The standard InChI is InChI=1S/C17H21N3/c1-3-13-4-6-14(7-5-13)12-20(2)16-10-8-15(9-11-16)17(18)19/h4-11H,3,12H2,1-2H3,(H3,18,19). The van der Waals surface area contributed by atoms with Gasteiger partial charge >= 0.3 is 0 Å². The van der Waals surface area contributed by atoms with Gasteiger partial charge in [-0.2, -0.15) is 0 Å². The predicted octanol–water partition coefficient (Wildman–Crippen LogP) is 3.17. The molecule has 0 radical (unpaired) electrons. The molecular weight excluding hydrogens is 246 g/mol. The third kappa shape index (κ3) is 3.38. The van der Waals surface area contributed by atoms with Gasteiger partial charge in [0.2, 0.25) is 0 Å². The highest BCUT2D eigenvalue weighted by Gasteiger charge is 2.03. The Kier molecular flexibility index (Phi) is 4.41. The topological polar surface area (TPSA) is 53.1 Å². The third-order valence-corrected chi connectivity index (χ3v) is 3.47. The molecule has 2 aromatic rings. The summed E-state index contributed by atoms with van der Waals surface area (Å²) in [5, 5.41) is 7.40. The van der Waals surface area contributed by atoms with Crippen molar-refractivity contribution in [1.29, 1.82) is 5.41 Å². The summed E-state index contributed by atoms with van der Waals surface area (Å²) < 4.78 is 0. The molecule has 0 amide bonds. The zero-order chi connectivity index (χ0) is 14.5. The average Bonchev–Trinajstić information content (AvgIpc) is 2.48. The summed E-state index contributed by atoms with van der Waals surface area (Å²) in [6.07, 6.45) is 1.07. The van der Waals surface area contributed by atoms with Gasteiger partial charge in [-0.25, -0.2) is 0 Å². The van der Waals surface area contributed by atoms with E-state index in [9.17, 15) is 0 Å². The zero-order valence-electron chi connectivity index (χ0n) is 12.1. The maximum atomic E-state index is 7.40. The Hall–Kier alpha value is -2.29. The van der Waals surface area contributed by atoms with Crippen LogP contribution in [-0.4, -0.2) is 12.9 Å². The normalized spacial score (nSPS) is 10.3. The van der Waals surface area contributed by atoms with Crippen LogP contribution in [0.15, 0.2) is 48.5 Å². The molecule has 3 N–H and O–H groups in total. The SMILES string of the molecule is CCc1ccc(CN(C)c2ccc(C(=N)N)cc2)cc1. The van der Waals surface area contributed by atoms with Gasteiger partial charge in [-0.1, -0.05) is 31.2 Å². The van der Waals surface area contributed by atoms with Crippen molar-refractivity contribution in [2.45, 2.75) is 19.9 Å². The predicted molar refractivity (Wildman–Crippen MR) is 85.4 cm³/mol. The fourth-order valence-corrected chi connectivity index (χ4v) is 2.14. The first-order chi connectivity index (χ1) is 9.60. The minimum absolute atomic E-state index is 0.106. The number of nitrogens with zero attached hydrogens (tertiary/aromatic N) is 1. The van der Waals surface area contributed by atoms with Gasteiger partial charge in [0.15, 0.2) is 0 Å². The van der Waals surface area contributed by atoms with E-state index in [2.05, 4.69) is 43.1 Å². The highest BCUT2D eigenvalue weighted by atomic mass is 15.1. The second kappa shape index (κ2) is 6.24. The summed E-state index contributed by atoms with van der Waals surface area (Å²) in [6, 6.07) is 16.5. The van der Waals surface area contributed by atoms with Gasteiger partial charge in [-0.15, -0.1) is 0 Å². The van der Waals surface area contributed by atoms with E-state index in [0.717, 1.165) is 24.2 Å². The molecule has 0 aliphatic carbocycles. The number of hydrogen-bond acceptors (Lipinski definition) is 2. The highest BCUT2D eigenvalue weighted by molar-refractivity contribution is 5.95. The first-order valence-corrected chi connectivity index (χ1v) is 6.83.